The van der Waals surface area contributed by atoms with Gasteiger partial charge in [-0.3, -0.25) is 4.99 Å². The maximum absolute atomic E-state index is 5.69. The van der Waals surface area contributed by atoms with Gasteiger partial charge in [-0.1, -0.05) is 0 Å². The largest absolute Gasteiger partial charge is 0.493 e. The summed E-state index contributed by atoms with van der Waals surface area (Å²) in [6, 6.07) is 5.92. The van der Waals surface area contributed by atoms with Crippen molar-refractivity contribution in [3.05, 3.63) is 23.8 Å². The van der Waals surface area contributed by atoms with Gasteiger partial charge in [-0.05, 0) is 38.5 Å². The van der Waals surface area contributed by atoms with Crippen LogP contribution in [0.4, 0.5) is 0 Å². The maximum Gasteiger partial charge on any atom is 0.161 e. The number of methoxy groups -OCH3 is 1. The van der Waals surface area contributed by atoms with Crippen molar-refractivity contribution >= 4 is 5.84 Å². The third-order valence-corrected chi connectivity index (χ3v) is 2.70. The molecule has 1 aliphatic rings. The second-order valence-electron chi connectivity index (χ2n) is 4.54. The first kappa shape index (κ1) is 12.7. The Morgan fingerprint density at radius 2 is 2.11 bits per heavy atom. The molecule has 0 unspecified atom stereocenters. The first-order chi connectivity index (χ1) is 8.70. The van der Waals surface area contributed by atoms with E-state index >= 15 is 0 Å². The third kappa shape index (κ3) is 2.94. The van der Waals surface area contributed by atoms with E-state index in [1.807, 2.05) is 32.0 Å². The molecule has 0 spiro atoms. The quantitative estimate of drug-likeness (QED) is 0.888. The summed E-state index contributed by atoms with van der Waals surface area (Å²) < 4.78 is 11.1. The van der Waals surface area contributed by atoms with Gasteiger partial charge in [0.05, 0.1) is 13.2 Å². The predicted octanol–water partition coefficient (Wildman–Crippen LogP) is 2.22. The highest BCUT2D eigenvalue weighted by molar-refractivity contribution is 5.99. The van der Waals surface area contributed by atoms with Gasteiger partial charge in [-0.15, -0.1) is 0 Å². The molecule has 18 heavy (non-hydrogen) atoms. The molecule has 0 fully saturated rings. The summed E-state index contributed by atoms with van der Waals surface area (Å²) in [4.78, 5) is 4.47. The van der Waals surface area contributed by atoms with Crippen LogP contribution in [0.5, 0.6) is 11.5 Å². The summed E-state index contributed by atoms with van der Waals surface area (Å²) >= 11 is 0. The second kappa shape index (κ2) is 5.76. The van der Waals surface area contributed by atoms with E-state index in [1.54, 1.807) is 7.11 Å². The average Bonchev–Trinajstić information content (AvgIpc) is 2.39. The Morgan fingerprint density at radius 3 is 2.72 bits per heavy atom. The SMILES string of the molecule is COc1cc(C2=NCCCN2)ccc1OC(C)C. The maximum atomic E-state index is 5.69. The van der Waals surface area contributed by atoms with Crippen molar-refractivity contribution in [3.8, 4) is 11.5 Å². The molecule has 1 aromatic rings. The summed E-state index contributed by atoms with van der Waals surface area (Å²) in [6.45, 7) is 5.86. The monoisotopic (exact) mass is 248 g/mol. The number of nitrogens with one attached hydrogen (secondary N) is 1. The van der Waals surface area contributed by atoms with Crippen molar-refractivity contribution in [1.82, 2.24) is 5.32 Å². The number of nitrogens with zero attached hydrogens (tertiary/aromatic N) is 1. The van der Waals surface area contributed by atoms with Crippen LogP contribution < -0.4 is 14.8 Å². The van der Waals surface area contributed by atoms with Gasteiger partial charge in [0.2, 0.25) is 0 Å². The van der Waals surface area contributed by atoms with Crippen LogP contribution in [-0.2, 0) is 0 Å². The van der Waals surface area contributed by atoms with Crippen LogP contribution >= 0.6 is 0 Å². The number of ether oxygens (including phenoxy) is 2. The highest BCUT2D eigenvalue weighted by atomic mass is 16.5. The zero-order valence-corrected chi connectivity index (χ0v) is 11.2. The van der Waals surface area contributed by atoms with E-state index in [1.165, 1.54) is 0 Å². The molecule has 4 heteroatoms. The molecule has 0 aliphatic carbocycles. The van der Waals surface area contributed by atoms with Gasteiger partial charge in [-0.2, -0.15) is 0 Å². The van der Waals surface area contributed by atoms with Crippen LogP contribution in [0.15, 0.2) is 23.2 Å². The Balaban J connectivity index is 2.26. The fourth-order valence-electron chi connectivity index (χ4n) is 1.89. The lowest BCUT2D eigenvalue weighted by molar-refractivity contribution is 0.230. The van der Waals surface area contributed by atoms with Crippen LogP contribution in [0.1, 0.15) is 25.8 Å². The Hall–Kier alpha value is -1.71. The normalized spacial score (nSPS) is 15.0. The topological polar surface area (TPSA) is 42.8 Å². The van der Waals surface area contributed by atoms with Crippen molar-refractivity contribution < 1.29 is 9.47 Å². The lowest BCUT2D eigenvalue weighted by Gasteiger charge is -2.17. The zero-order valence-electron chi connectivity index (χ0n) is 11.2. The van der Waals surface area contributed by atoms with Crippen molar-refractivity contribution in [2.75, 3.05) is 20.2 Å². The molecule has 0 aromatic heterocycles. The first-order valence-corrected chi connectivity index (χ1v) is 6.34. The second-order valence-corrected chi connectivity index (χ2v) is 4.54. The van der Waals surface area contributed by atoms with Crippen LogP contribution in [0.2, 0.25) is 0 Å². The fraction of sp³-hybridized carbons (Fsp3) is 0.500. The summed E-state index contributed by atoms with van der Waals surface area (Å²) in [5, 5.41) is 3.30. The summed E-state index contributed by atoms with van der Waals surface area (Å²) in [6.07, 6.45) is 1.23. The van der Waals surface area contributed by atoms with E-state index in [4.69, 9.17) is 9.47 Å². The molecule has 0 saturated heterocycles. The van der Waals surface area contributed by atoms with Gasteiger partial charge in [0.15, 0.2) is 11.5 Å². The molecule has 4 nitrogen and oxygen atoms in total. The number of benzene rings is 1. The molecule has 1 N–H and O–H groups in total. The van der Waals surface area contributed by atoms with E-state index in [0.29, 0.717) is 0 Å². The van der Waals surface area contributed by atoms with Gasteiger partial charge in [0.25, 0.3) is 0 Å². The Kier molecular flexibility index (Phi) is 4.07. The molecule has 0 atom stereocenters. The van der Waals surface area contributed by atoms with Gasteiger partial charge < -0.3 is 14.8 Å². The first-order valence-electron chi connectivity index (χ1n) is 6.34. The van der Waals surface area contributed by atoms with Crippen LogP contribution in [0, 0.1) is 0 Å². The van der Waals surface area contributed by atoms with E-state index in [0.717, 1.165) is 42.4 Å². The van der Waals surface area contributed by atoms with Gasteiger partial charge in [0, 0.05) is 18.7 Å². The molecule has 0 bridgehead atoms. The number of rotatable bonds is 4. The minimum atomic E-state index is 0.134. The minimum Gasteiger partial charge on any atom is -0.493 e. The Labute approximate surface area is 108 Å². The Bertz CT molecular complexity index is 441. The van der Waals surface area contributed by atoms with E-state index in [-0.39, 0.29) is 6.10 Å². The number of hydrogen-bond donors (Lipinski definition) is 1. The molecule has 1 aromatic carbocycles. The molecular weight excluding hydrogens is 228 g/mol. The van der Waals surface area contributed by atoms with Gasteiger partial charge >= 0.3 is 0 Å². The number of aliphatic imine (C=N–C) groups is 1. The molecule has 1 heterocycles. The smallest absolute Gasteiger partial charge is 0.161 e. The molecule has 0 saturated carbocycles. The van der Waals surface area contributed by atoms with Crippen molar-refractivity contribution in [3.63, 3.8) is 0 Å². The summed E-state index contributed by atoms with van der Waals surface area (Å²) in [5.41, 5.74) is 1.04. The molecule has 0 amide bonds. The highest BCUT2D eigenvalue weighted by Gasteiger charge is 2.12. The number of amidine groups is 1. The van der Waals surface area contributed by atoms with Crippen LogP contribution in [0.3, 0.4) is 0 Å². The van der Waals surface area contributed by atoms with Gasteiger partial charge in [-0.25, -0.2) is 0 Å². The Morgan fingerprint density at radius 1 is 1.28 bits per heavy atom. The minimum absolute atomic E-state index is 0.134. The molecule has 2 rings (SSSR count). The van der Waals surface area contributed by atoms with E-state index in [2.05, 4.69) is 10.3 Å². The molecular formula is C14H20N2O2. The molecule has 98 valence electrons. The predicted molar refractivity (Wildman–Crippen MR) is 72.8 cm³/mol. The summed E-state index contributed by atoms with van der Waals surface area (Å²) in [7, 11) is 1.66. The van der Waals surface area contributed by atoms with E-state index < -0.39 is 0 Å². The third-order valence-electron chi connectivity index (χ3n) is 2.70. The lowest BCUT2D eigenvalue weighted by atomic mass is 10.1. The lowest BCUT2D eigenvalue weighted by Crippen LogP contribution is -2.30. The van der Waals surface area contributed by atoms with Crippen molar-refractivity contribution in [2.24, 2.45) is 4.99 Å². The van der Waals surface area contributed by atoms with E-state index in [9.17, 15) is 0 Å². The summed E-state index contributed by atoms with van der Waals surface area (Å²) in [5.74, 6) is 2.46. The van der Waals surface area contributed by atoms with Crippen molar-refractivity contribution in [2.45, 2.75) is 26.4 Å². The van der Waals surface area contributed by atoms with Crippen LogP contribution in [-0.4, -0.2) is 32.1 Å². The zero-order chi connectivity index (χ0) is 13.0. The van der Waals surface area contributed by atoms with Gasteiger partial charge in [0.1, 0.15) is 5.84 Å². The fourth-order valence-corrected chi connectivity index (χ4v) is 1.89. The molecule has 1 aliphatic heterocycles. The number of hydrogen-bond acceptors (Lipinski definition) is 4. The standard InChI is InChI=1S/C14H20N2O2/c1-10(2)18-12-6-5-11(9-13(12)17-3)14-15-7-4-8-16-14/h5-6,9-10H,4,7-8H2,1-3H3,(H,15,16). The average molecular weight is 248 g/mol. The highest BCUT2D eigenvalue weighted by Crippen LogP contribution is 2.29. The molecule has 0 radical (unpaired) electrons. The van der Waals surface area contributed by atoms with Crippen LogP contribution in [0.25, 0.3) is 0 Å². The van der Waals surface area contributed by atoms with Crippen molar-refractivity contribution in [1.29, 1.82) is 0 Å².